The van der Waals surface area contributed by atoms with Gasteiger partial charge in [-0.05, 0) is 42.3 Å². The van der Waals surface area contributed by atoms with Crippen LogP contribution in [0.1, 0.15) is 39.2 Å². The Morgan fingerprint density at radius 3 is 2.37 bits per heavy atom. The number of carbonyl (C=O) groups is 2. The van der Waals surface area contributed by atoms with E-state index in [2.05, 4.69) is 20.6 Å². The molecule has 2 heterocycles. The minimum absolute atomic E-state index is 0.183. The third kappa shape index (κ3) is 4.76. The lowest BCUT2D eigenvalue weighted by Gasteiger charge is -2.10. The normalized spacial score (nSPS) is 10.3. The summed E-state index contributed by atoms with van der Waals surface area (Å²) >= 11 is 0. The molecule has 0 aliphatic heterocycles. The van der Waals surface area contributed by atoms with Crippen LogP contribution in [-0.2, 0) is 13.0 Å². The Kier molecular flexibility index (Phi) is 5.89. The molecule has 0 saturated heterocycles. The smallest absolute Gasteiger partial charge is 0.274 e. The Morgan fingerprint density at radius 2 is 1.63 bits per heavy atom. The van der Waals surface area contributed by atoms with Crippen LogP contribution in [0.25, 0.3) is 0 Å². The zero-order valence-electron chi connectivity index (χ0n) is 15.0. The van der Waals surface area contributed by atoms with Crippen molar-refractivity contribution < 1.29 is 9.59 Å². The Morgan fingerprint density at radius 1 is 0.889 bits per heavy atom. The summed E-state index contributed by atoms with van der Waals surface area (Å²) in [5.74, 6) is -0.709. The number of nitrogens with one attached hydrogen (secondary N) is 2. The quantitative estimate of drug-likeness (QED) is 0.707. The fourth-order valence-electron chi connectivity index (χ4n) is 2.59. The molecule has 136 valence electrons. The van der Waals surface area contributed by atoms with E-state index in [1.807, 2.05) is 49.4 Å². The van der Waals surface area contributed by atoms with Crippen molar-refractivity contribution >= 4 is 17.5 Å². The predicted octanol–water partition coefficient (Wildman–Crippen LogP) is 3.22. The highest BCUT2D eigenvalue weighted by Crippen LogP contribution is 2.16. The van der Waals surface area contributed by atoms with Gasteiger partial charge in [-0.1, -0.05) is 37.3 Å². The molecule has 0 unspecified atom stereocenters. The fraction of sp³-hybridized carbons (Fsp3) is 0.143. The van der Waals surface area contributed by atoms with Crippen molar-refractivity contribution in [3.05, 3.63) is 89.5 Å². The highest BCUT2D eigenvalue weighted by molar-refractivity contribution is 6.04. The molecule has 27 heavy (non-hydrogen) atoms. The maximum atomic E-state index is 12.5. The number of para-hydroxylation sites is 1. The Bertz CT molecular complexity index is 942. The summed E-state index contributed by atoms with van der Waals surface area (Å²) in [6, 6.07) is 17.9. The minimum Gasteiger partial charge on any atom is -0.345 e. The molecular formula is C21H20N4O2. The Balaban J connectivity index is 1.69. The van der Waals surface area contributed by atoms with Crippen LogP contribution in [0.3, 0.4) is 0 Å². The molecule has 1 aromatic carbocycles. The first-order valence-corrected chi connectivity index (χ1v) is 8.72. The van der Waals surface area contributed by atoms with Gasteiger partial charge in [0.1, 0.15) is 11.4 Å². The van der Waals surface area contributed by atoms with E-state index in [-0.39, 0.29) is 23.2 Å². The van der Waals surface area contributed by atoms with Crippen molar-refractivity contribution in [2.24, 2.45) is 0 Å². The molecule has 0 fully saturated rings. The van der Waals surface area contributed by atoms with E-state index in [0.29, 0.717) is 6.54 Å². The average molecular weight is 360 g/mol. The van der Waals surface area contributed by atoms with Gasteiger partial charge < -0.3 is 10.6 Å². The van der Waals surface area contributed by atoms with Crippen LogP contribution >= 0.6 is 0 Å². The highest BCUT2D eigenvalue weighted by Gasteiger charge is 2.13. The number of nitrogens with zero attached hydrogens (tertiary/aromatic N) is 2. The van der Waals surface area contributed by atoms with Gasteiger partial charge in [0, 0.05) is 11.9 Å². The van der Waals surface area contributed by atoms with Gasteiger partial charge in [0.25, 0.3) is 11.8 Å². The second-order valence-electron chi connectivity index (χ2n) is 5.88. The van der Waals surface area contributed by atoms with E-state index in [9.17, 15) is 9.59 Å². The third-order valence-electron chi connectivity index (χ3n) is 4.02. The first-order chi connectivity index (χ1) is 13.2. The number of aromatic nitrogens is 2. The number of rotatable bonds is 6. The molecule has 2 N–H and O–H groups in total. The molecule has 0 radical (unpaired) electrons. The number of pyridine rings is 2. The number of carbonyl (C=O) groups excluding carboxylic acids is 2. The number of anilines is 1. The second kappa shape index (κ2) is 8.71. The lowest BCUT2D eigenvalue weighted by Crippen LogP contribution is -2.25. The number of hydrogen-bond acceptors (Lipinski definition) is 4. The van der Waals surface area contributed by atoms with Crippen LogP contribution in [0.15, 0.2) is 66.9 Å². The predicted molar refractivity (Wildman–Crippen MR) is 103 cm³/mol. The van der Waals surface area contributed by atoms with Crippen LogP contribution in [0, 0.1) is 0 Å². The molecule has 0 atom stereocenters. The van der Waals surface area contributed by atoms with E-state index >= 15 is 0 Å². The van der Waals surface area contributed by atoms with Gasteiger partial charge in [-0.2, -0.15) is 0 Å². The van der Waals surface area contributed by atoms with Crippen molar-refractivity contribution in [1.82, 2.24) is 15.3 Å². The van der Waals surface area contributed by atoms with Gasteiger partial charge in [0.15, 0.2) is 0 Å². The van der Waals surface area contributed by atoms with Gasteiger partial charge in [0.2, 0.25) is 0 Å². The zero-order chi connectivity index (χ0) is 19.1. The summed E-state index contributed by atoms with van der Waals surface area (Å²) < 4.78 is 0. The molecular weight excluding hydrogens is 340 g/mol. The zero-order valence-corrected chi connectivity index (χ0v) is 15.0. The summed E-state index contributed by atoms with van der Waals surface area (Å²) in [6.45, 7) is 2.32. The van der Waals surface area contributed by atoms with Crippen LogP contribution in [0.5, 0.6) is 0 Å². The van der Waals surface area contributed by atoms with Gasteiger partial charge >= 0.3 is 0 Å². The SMILES string of the molecule is CCc1ccccc1NC(=O)c1cccc(C(=O)NCc2ccccn2)n1. The van der Waals surface area contributed by atoms with Gasteiger partial charge in [0.05, 0.1) is 12.2 Å². The third-order valence-corrected chi connectivity index (χ3v) is 4.02. The Labute approximate surface area is 157 Å². The number of aryl methyl sites for hydroxylation is 1. The van der Waals surface area contributed by atoms with Crippen molar-refractivity contribution in [2.75, 3.05) is 5.32 Å². The molecule has 0 saturated carbocycles. The number of amides is 2. The summed E-state index contributed by atoms with van der Waals surface area (Å²) in [5.41, 5.74) is 2.90. The molecule has 0 aliphatic carbocycles. The van der Waals surface area contributed by atoms with Crippen LogP contribution in [0.2, 0.25) is 0 Å². The van der Waals surface area contributed by atoms with Gasteiger partial charge in [-0.3, -0.25) is 14.6 Å². The number of hydrogen-bond donors (Lipinski definition) is 2. The van der Waals surface area contributed by atoms with Crippen molar-refractivity contribution in [1.29, 1.82) is 0 Å². The van der Waals surface area contributed by atoms with E-state index in [1.165, 1.54) is 0 Å². The van der Waals surface area contributed by atoms with Crippen molar-refractivity contribution in [3.63, 3.8) is 0 Å². The monoisotopic (exact) mass is 360 g/mol. The maximum absolute atomic E-state index is 12.5. The van der Waals surface area contributed by atoms with Crippen molar-refractivity contribution in [2.45, 2.75) is 19.9 Å². The average Bonchev–Trinajstić information content (AvgIpc) is 2.73. The first kappa shape index (κ1) is 18.3. The largest absolute Gasteiger partial charge is 0.345 e. The number of benzene rings is 1. The molecule has 2 amide bonds. The molecule has 2 aromatic heterocycles. The molecule has 3 rings (SSSR count). The first-order valence-electron chi connectivity index (χ1n) is 8.72. The molecule has 0 aliphatic rings. The topological polar surface area (TPSA) is 84.0 Å². The molecule has 0 spiro atoms. The minimum atomic E-state index is -0.357. The maximum Gasteiger partial charge on any atom is 0.274 e. The van der Waals surface area contributed by atoms with E-state index < -0.39 is 0 Å². The van der Waals surface area contributed by atoms with E-state index in [0.717, 1.165) is 23.4 Å². The lowest BCUT2D eigenvalue weighted by atomic mass is 10.1. The highest BCUT2D eigenvalue weighted by atomic mass is 16.2. The Hall–Kier alpha value is -3.54. The van der Waals surface area contributed by atoms with Crippen LogP contribution in [0.4, 0.5) is 5.69 Å². The van der Waals surface area contributed by atoms with Crippen molar-refractivity contribution in [3.8, 4) is 0 Å². The summed E-state index contributed by atoms with van der Waals surface area (Å²) in [7, 11) is 0. The summed E-state index contributed by atoms with van der Waals surface area (Å²) in [6.07, 6.45) is 2.47. The second-order valence-corrected chi connectivity index (χ2v) is 5.88. The van der Waals surface area contributed by atoms with Crippen LogP contribution in [-0.4, -0.2) is 21.8 Å². The van der Waals surface area contributed by atoms with Gasteiger partial charge in [-0.25, -0.2) is 4.98 Å². The fourth-order valence-corrected chi connectivity index (χ4v) is 2.59. The molecule has 6 nitrogen and oxygen atoms in total. The standard InChI is InChI=1S/C21H20N4O2/c1-2-15-8-3-4-10-17(15)25-21(27)19-12-7-11-18(24-19)20(26)23-14-16-9-5-6-13-22-16/h3-13H,2,14H2,1H3,(H,23,26)(H,25,27). The molecule has 0 bridgehead atoms. The lowest BCUT2D eigenvalue weighted by molar-refractivity contribution is 0.0945. The van der Waals surface area contributed by atoms with E-state index in [4.69, 9.17) is 0 Å². The van der Waals surface area contributed by atoms with Gasteiger partial charge in [-0.15, -0.1) is 0 Å². The van der Waals surface area contributed by atoms with E-state index in [1.54, 1.807) is 24.4 Å². The summed E-state index contributed by atoms with van der Waals surface area (Å²) in [5, 5.41) is 5.61. The molecule has 3 aromatic rings. The van der Waals surface area contributed by atoms with Crippen LogP contribution < -0.4 is 10.6 Å². The molecule has 6 heteroatoms. The summed E-state index contributed by atoms with van der Waals surface area (Å²) in [4.78, 5) is 33.2.